The molecule has 0 spiro atoms. The van der Waals surface area contributed by atoms with E-state index in [1.807, 2.05) is 36.2 Å². The molecule has 0 saturated heterocycles. The first-order valence-electron chi connectivity index (χ1n) is 8.79. The second kappa shape index (κ2) is 7.29. The van der Waals surface area contributed by atoms with Crippen molar-refractivity contribution in [2.24, 2.45) is 0 Å². The minimum atomic E-state index is -0.0507. The van der Waals surface area contributed by atoms with Crippen molar-refractivity contribution in [2.75, 3.05) is 6.54 Å². The lowest BCUT2D eigenvalue weighted by atomic mass is 9.83. The average Bonchev–Trinajstić information content (AvgIpc) is 3.07. The molecular formula is C22H19ClN2OS. The molecule has 3 aromatic rings. The van der Waals surface area contributed by atoms with E-state index in [1.165, 1.54) is 17.2 Å². The van der Waals surface area contributed by atoms with Crippen LogP contribution in [0.25, 0.3) is 11.1 Å². The topological polar surface area (TPSA) is 33.2 Å². The van der Waals surface area contributed by atoms with Crippen molar-refractivity contribution in [3.05, 3.63) is 87.4 Å². The largest absolute Gasteiger partial charge is 0.333 e. The number of amides is 1. The van der Waals surface area contributed by atoms with Gasteiger partial charge in [0.05, 0.1) is 10.9 Å². The van der Waals surface area contributed by atoms with Crippen LogP contribution in [0, 0.1) is 6.92 Å². The number of hydrogen-bond acceptors (Lipinski definition) is 3. The summed E-state index contributed by atoms with van der Waals surface area (Å²) in [6, 6.07) is 14.5. The van der Waals surface area contributed by atoms with E-state index in [2.05, 4.69) is 35.8 Å². The highest BCUT2D eigenvalue weighted by Crippen LogP contribution is 2.43. The summed E-state index contributed by atoms with van der Waals surface area (Å²) in [5.41, 5.74) is 5.65. The molecule has 5 heteroatoms. The number of benzene rings is 1. The van der Waals surface area contributed by atoms with Crippen LogP contribution in [-0.4, -0.2) is 22.3 Å². The molecule has 1 aromatic carbocycles. The van der Waals surface area contributed by atoms with E-state index >= 15 is 0 Å². The van der Waals surface area contributed by atoms with E-state index in [-0.39, 0.29) is 11.8 Å². The number of carbonyl (C=O) groups is 1. The van der Waals surface area contributed by atoms with Crippen LogP contribution in [0.1, 0.15) is 27.6 Å². The number of rotatable bonds is 3. The monoisotopic (exact) mass is 394 g/mol. The molecule has 1 aliphatic heterocycles. The minimum Gasteiger partial charge on any atom is -0.333 e. The van der Waals surface area contributed by atoms with E-state index in [9.17, 15) is 4.79 Å². The molecule has 0 radical (unpaired) electrons. The van der Waals surface area contributed by atoms with Gasteiger partial charge in [-0.2, -0.15) is 0 Å². The molecule has 0 saturated carbocycles. The summed E-state index contributed by atoms with van der Waals surface area (Å²) in [4.78, 5) is 19.8. The third kappa shape index (κ3) is 3.31. The second-order valence-corrected chi connectivity index (χ2v) is 8.40. The van der Waals surface area contributed by atoms with Gasteiger partial charge in [-0.05, 0) is 41.8 Å². The molecule has 0 unspecified atom stereocenters. The molecule has 0 aliphatic carbocycles. The first kappa shape index (κ1) is 18.0. The molecule has 0 N–H and O–H groups in total. The van der Waals surface area contributed by atoms with Gasteiger partial charge in [0.1, 0.15) is 0 Å². The van der Waals surface area contributed by atoms with E-state index in [0.29, 0.717) is 13.1 Å². The second-order valence-electron chi connectivity index (χ2n) is 6.63. The lowest BCUT2D eigenvalue weighted by Gasteiger charge is -2.33. The van der Waals surface area contributed by atoms with Gasteiger partial charge in [-0.3, -0.25) is 9.78 Å². The van der Waals surface area contributed by atoms with Crippen LogP contribution in [0.15, 0.2) is 61.3 Å². The fourth-order valence-corrected chi connectivity index (χ4v) is 5.12. The van der Waals surface area contributed by atoms with Crippen molar-refractivity contribution in [3.8, 4) is 11.1 Å². The molecule has 136 valence electrons. The molecule has 1 aliphatic rings. The van der Waals surface area contributed by atoms with Gasteiger partial charge in [0.2, 0.25) is 5.91 Å². The Morgan fingerprint density at radius 2 is 2.04 bits per heavy atom. The fourth-order valence-electron chi connectivity index (χ4n) is 3.76. The molecular weight excluding hydrogens is 376 g/mol. The molecule has 4 rings (SSSR count). The van der Waals surface area contributed by atoms with Crippen molar-refractivity contribution >= 4 is 28.8 Å². The van der Waals surface area contributed by atoms with Crippen LogP contribution in [0.2, 0.25) is 4.34 Å². The molecule has 27 heavy (non-hydrogen) atoms. The zero-order chi connectivity index (χ0) is 19.0. The number of pyridine rings is 1. The molecule has 1 amide bonds. The highest BCUT2D eigenvalue weighted by atomic mass is 35.5. The van der Waals surface area contributed by atoms with Crippen molar-refractivity contribution in [3.63, 3.8) is 0 Å². The third-order valence-corrected chi connectivity index (χ3v) is 6.31. The summed E-state index contributed by atoms with van der Waals surface area (Å²) in [5, 5.41) is 0. The number of carbonyl (C=O) groups excluding carboxylic acids is 1. The predicted octanol–water partition coefficient (Wildman–Crippen LogP) is 5.43. The van der Waals surface area contributed by atoms with Crippen LogP contribution in [0.3, 0.4) is 0 Å². The van der Waals surface area contributed by atoms with Gasteiger partial charge in [0.25, 0.3) is 0 Å². The Morgan fingerprint density at radius 1 is 1.26 bits per heavy atom. The summed E-state index contributed by atoms with van der Waals surface area (Å²) in [7, 11) is 0. The maximum atomic E-state index is 12.3. The quantitative estimate of drug-likeness (QED) is 0.555. The SMILES string of the molecule is C=CC(=O)N1Cc2sc(Cl)cc2[C@H](c2ccccc2-c2cccnc2C)C1. The number of thiophene rings is 1. The van der Waals surface area contributed by atoms with Gasteiger partial charge in [-0.15, -0.1) is 11.3 Å². The first-order valence-corrected chi connectivity index (χ1v) is 9.98. The molecule has 2 aromatic heterocycles. The molecule has 1 atom stereocenters. The minimum absolute atomic E-state index is 0.0507. The molecule has 0 bridgehead atoms. The van der Waals surface area contributed by atoms with Crippen molar-refractivity contribution in [1.82, 2.24) is 9.88 Å². The van der Waals surface area contributed by atoms with Gasteiger partial charge in [0, 0.05) is 34.8 Å². The Balaban J connectivity index is 1.87. The summed E-state index contributed by atoms with van der Waals surface area (Å²) in [6.07, 6.45) is 3.19. The lowest BCUT2D eigenvalue weighted by molar-refractivity contribution is -0.127. The summed E-state index contributed by atoms with van der Waals surface area (Å²) >= 11 is 7.88. The average molecular weight is 395 g/mol. The smallest absolute Gasteiger partial charge is 0.246 e. The standard InChI is InChI=1S/C22H19ClN2OS/c1-3-22(26)25-12-19(18-11-21(23)27-20(18)13-25)17-8-5-4-7-16(17)15-9-6-10-24-14(15)2/h3-11,19H,1,12-13H2,2H3/t19-/m0/s1. The van der Waals surface area contributed by atoms with Crippen LogP contribution >= 0.6 is 22.9 Å². The highest BCUT2D eigenvalue weighted by molar-refractivity contribution is 7.16. The lowest BCUT2D eigenvalue weighted by Crippen LogP contribution is -2.37. The number of halogens is 1. The number of aromatic nitrogens is 1. The van der Waals surface area contributed by atoms with E-state index in [0.717, 1.165) is 26.0 Å². The van der Waals surface area contributed by atoms with E-state index in [1.54, 1.807) is 11.3 Å². The molecule has 3 heterocycles. The Hall–Kier alpha value is -2.43. The summed E-state index contributed by atoms with van der Waals surface area (Å²) < 4.78 is 0.757. The maximum Gasteiger partial charge on any atom is 0.246 e. The normalized spacial score (nSPS) is 16.1. The Morgan fingerprint density at radius 3 is 2.81 bits per heavy atom. The summed E-state index contributed by atoms with van der Waals surface area (Å²) in [5.74, 6) is 0.0161. The van der Waals surface area contributed by atoms with Gasteiger partial charge in [0.15, 0.2) is 0 Å². The number of aryl methyl sites for hydroxylation is 1. The Labute approximate surface area is 167 Å². The Kier molecular flexibility index (Phi) is 4.85. The zero-order valence-corrected chi connectivity index (χ0v) is 16.6. The predicted molar refractivity (Wildman–Crippen MR) is 111 cm³/mol. The van der Waals surface area contributed by atoms with Gasteiger partial charge < -0.3 is 4.90 Å². The van der Waals surface area contributed by atoms with Gasteiger partial charge in [-0.25, -0.2) is 0 Å². The number of fused-ring (bicyclic) bond motifs is 1. The maximum absolute atomic E-state index is 12.3. The molecule has 0 fully saturated rings. The van der Waals surface area contributed by atoms with Crippen LogP contribution in [0.5, 0.6) is 0 Å². The number of hydrogen-bond donors (Lipinski definition) is 0. The van der Waals surface area contributed by atoms with Gasteiger partial charge in [-0.1, -0.05) is 48.5 Å². The summed E-state index contributed by atoms with van der Waals surface area (Å²) in [6.45, 7) is 6.87. The van der Waals surface area contributed by atoms with E-state index in [4.69, 9.17) is 11.6 Å². The zero-order valence-electron chi connectivity index (χ0n) is 15.0. The van der Waals surface area contributed by atoms with Crippen LogP contribution in [-0.2, 0) is 11.3 Å². The van der Waals surface area contributed by atoms with E-state index < -0.39 is 0 Å². The van der Waals surface area contributed by atoms with Crippen LogP contribution in [0.4, 0.5) is 0 Å². The molecule has 3 nitrogen and oxygen atoms in total. The van der Waals surface area contributed by atoms with Gasteiger partial charge >= 0.3 is 0 Å². The fraction of sp³-hybridized carbons (Fsp3) is 0.182. The first-order chi connectivity index (χ1) is 13.1. The van der Waals surface area contributed by atoms with Crippen molar-refractivity contribution in [2.45, 2.75) is 19.4 Å². The van der Waals surface area contributed by atoms with Crippen molar-refractivity contribution in [1.29, 1.82) is 0 Å². The number of nitrogens with zero attached hydrogens (tertiary/aromatic N) is 2. The Bertz CT molecular complexity index is 1030. The third-order valence-electron chi connectivity index (χ3n) is 5.04. The van der Waals surface area contributed by atoms with Crippen LogP contribution < -0.4 is 0 Å². The highest BCUT2D eigenvalue weighted by Gasteiger charge is 2.31. The van der Waals surface area contributed by atoms with Crippen molar-refractivity contribution < 1.29 is 4.79 Å².